The van der Waals surface area contributed by atoms with Crippen LogP contribution in [-0.2, 0) is 38.7 Å². The summed E-state index contributed by atoms with van der Waals surface area (Å²) in [7, 11) is 0. The summed E-state index contributed by atoms with van der Waals surface area (Å²) in [4.78, 5) is 28.8. The summed E-state index contributed by atoms with van der Waals surface area (Å²) in [6, 6.07) is 10.3. The Bertz CT molecular complexity index is 1100. The Morgan fingerprint density at radius 1 is 1.10 bits per heavy atom. The van der Waals surface area contributed by atoms with Crippen LogP contribution in [0.2, 0.25) is 0 Å². The number of carbonyl (C=O) groups is 2. The number of halogens is 3. The van der Waals surface area contributed by atoms with Gasteiger partial charge in [-0.1, -0.05) is 41.6 Å². The fraction of sp³-hybridized carbons (Fsp3) is 0.238. The number of nitrogens with zero attached hydrogens (tertiary/aromatic N) is 2. The Hall–Kier alpha value is -0.861. The van der Waals surface area contributed by atoms with Crippen molar-refractivity contribution in [3.63, 3.8) is 0 Å². The molecule has 1 heterocycles. The molecule has 0 aliphatic rings. The molecule has 31 heavy (non-hydrogen) atoms. The van der Waals surface area contributed by atoms with Crippen LogP contribution in [0.5, 0.6) is 0 Å². The Morgan fingerprint density at radius 2 is 1.74 bits per heavy atom. The van der Waals surface area contributed by atoms with Crippen molar-refractivity contribution in [2.24, 2.45) is 0 Å². The van der Waals surface area contributed by atoms with Gasteiger partial charge in [0.15, 0.2) is 0 Å². The predicted octanol–water partition coefficient (Wildman–Crippen LogP) is 0.674. The first kappa shape index (κ1) is 28.2. The minimum atomic E-state index is -4.54. The third-order valence-electron chi connectivity index (χ3n) is 4.53. The summed E-state index contributed by atoms with van der Waals surface area (Å²) in [5.74, 6) is -0.329. The van der Waals surface area contributed by atoms with Crippen LogP contribution < -0.4 is 68.3 Å². The van der Waals surface area contributed by atoms with E-state index in [4.69, 9.17) is 0 Å². The van der Waals surface area contributed by atoms with Crippen molar-refractivity contribution >= 4 is 22.8 Å². The van der Waals surface area contributed by atoms with Gasteiger partial charge in [-0.2, -0.15) is 13.2 Å². The molecule has 0 N–H and O–H groups in total. The van der Waals surface area contributed by atoms with Crippen molar-refractivity contribution < 1.29 is 106 Å². The molecule has 0 saturated carbocycles. The van der Waals surface area contributed by atoms with E-state index in [0.717, 1.165) is 17.0 Å². The van der Waals surface area contributed by atoms with Gasteiger partial charge in [0.1, 0.15) is 11.9 Å². The first-order chi connectivity index (χ1) is 13.6. The van der Waals surface area contributed by atoms with Gasteiger partial charge in [-0.15, -0.1) is 5.52 Å². The number of para-hydroxylation sites is 1. The zero-order valence-corrected chi connectivity index (χ0v) is 23.6. The second-order valence-electron chi connectivity index (χ2n) is 6.84. The molecule has 3 aromatic rings. The standard InChI is InChI=1S/C21H19F3N2O3.Rb.Rh/c1-12-7-14(9-15(8-12)21(22,23)24)10-26(20(28)29)11-17-16-5-3-4-6-18(16)25-19(17)13(2)27;;/h3-9H,10-11H2,1-2H3,(H2,25,27,28,29);;/q;+1;/p-2. The molecular weight excluding hydrogens is 574 g/mol. The molecule has 0 bridgehead atoms. The third kappa shape index (κ3) is 6.81. The molecule has 161 valence electrons. The molecule has 5 nitrogen and oxygen atoms in total. The molecule has 1 amide bonds. The van der Waals surface area contributed by atoms with Crippen LogP contribution in [0.1, 0.15) is 39.7 Å². The number of hydrogen-bond acceptors (Lipinski definition) is 3. The van der Waals surface area contributed by atoms with Gasteiger partial charge in [0.2, 0.25) is 0 Å². The van der Waals surface area contributed by atoms with Gasteiger partial charge in [0.25, 0.3) is 0 Å². The minimum absolute atomic E-state index is 0. The largest absolute Gasteiger partial charge is 1.00 e. The molecule has 0 unspecified atom stereocenters. The van der Waals surface area contributed by atoms with Gasteiger partial charge >= 0.3 is 64.4 Å². The van der Waals surface area contributed by atoms with Crippen molar-refractivity contribution in [1.29, 1.82) is 0 Å². The fourth-order valence-electron chi connectivity index (χ4n) is 3.31. The maximum absolute atomic E-state index is 13.1. The first-order valence-electron chi connectivity index (χ1n) is 8.75. The summed E-state index contributed by atoms with van der Waals surface area (Å²) in [5, 5.41) is 12.3. The Morgan fingerprint density at radius 3 is 2.32 bits per heavy atom. The van der Waals surface area contributed by atoms with E-state index in [0.29, 0.717) is 22.0 Å². The molecule has 0 atom stereocenters. The van der Waals surface area contributed by atoms with E-state index < -0.39 is 17.8 Å². The molecule has 1 aromatic heterocycles. The third-order valence-corrected chi connectivity index (χ3v) is 4.53. The van der Waals surface area contributed by atoms with Crippen molar-refractivity contribution in [3.8, 4) is 0 Å². The van der Waals surface area contributed by atoms with Crippen LogP contribution >= 0.6 is 0 Å². The monoisotopic (exact) mass is 590 g/mol. The quantitative estimate of drug-likeness (QED) is 0.324. The maximum Gasteiger partial charge on any atom is 1.00 e. The number of hydrogen-bond donors (Lipinski definition) is 0. The molecule has 3 rings (SSSR count). The van der Waals surface area contributed by atoms with E-state index in [1.165, 1.54) is 19.9 Å². The number of aryl methyl sites for hydroxylation is 1. The van der Waals surface area contributed by atoms with Crippen LogP contribution in [0.25, 0.3) is 10.9 Å². The van der Waals surface area contributed by atoms with E-state index in [1.54, 1.807) is 24.3 Å². The number of fused-ring (bicyclic) bond motifs is 1. The summed E-state index contributed by atoms with van der Waals surface area (Å²) in [5.41, 5.74) is 0.767. The fourth-order valence-corrected chi connectivity index (χ4v) is 3.31. The molecule has 2 aromatic carbocycles. The number of rotatable bonds is 5. The van der Waals surface area contributed by atoms with Gasteiger partial charge in [-0.05, 0) is 42.5 Å². The van der Waals surface area contributed by atoms with Crippen LogP contribution in [0, 0.1) is 6.92 Å². The normalized spacial score (nSPS) is 10.9. The molecule has 0 saturated heterocycles. The number of amides is 1. The van der Waals surface area contributed by atoms with E-state index in [-0.39, 0.29) is 108 Å². The van der Waals surface area contributed by atoms with Gasteiger partial charge < -0.3 is 19.8 Å². The first-order valence-corrected chi connectivity index (χ1v) is 8.75. The van der Waals surface area contributed by atoms with Crippen molar-refractivity contribution in [2.75, 3.05) is 0 Å². The average molecular weight is 591 g/mol. The van der Waals surface area contributed by atoms with Crippen molar-refractivity contribution in [2.45, 2.75) is 33.1 Å². The molecular formula is C21H17F3N2O3RbRh-. The summed E-state index contributed by atoms with van der Waals surface area (Å²) < 4.78 is 39.2. The summed E-state index contributed by atoms with van der Waals surface area (Å²) in [6.07, 6.45) is -6.10. The van der Waals surface area contributed by atoms with E-state index in [1.807, 2.05) is 0 Å². The number of ketones is 1. The zero-order valence-electron chi connectivity index (χ0n) is 17.0. The maximum atomic E-state index is 13.1. The Balaban J connectivity index is 0.00000240. The Labute approximate surface area is 238 Å². The number of alkyl halides is 3. The minimum Gasteiger partial charge on any atom is -0.654 e. The molecule has 1 radical (unpaired) electrons. The molecule has 0 fully saturated rings. The van der Waals surface area contributed by atoms with E-state index >= 15 is 0 Å². The van der Waals surface area contributed by atoms with Crippen LogP contribution in [-0.4, -0.2) is 16.8 Å². The Kier molecular flexibility index (Phi) is 10.3. The molecule has 0 aliphatic heterocycles. The smallest absolute Gasteiger partial charge is 0.654 e. The topological polar surface area (TPSA) is 74.5 Å². The molecule has 0 spiro atoms. The van der Waals surface area contributed by atoms with Crippen LogP contribution in [0.15, 0.2) is 42.5 Å². The number of Topliss-reactive ketones (excluding diaryl/α,β-unsaturated/α-hetero) is 1. The zero-order chi connectivity index (χ0) is 21.3. The SMILES string of the molecule is CC(=O)c1[n-]c2ccccc2c1CN(Cc1cc(C)cc(C(F)(F)F)c1)C(=O)[O-].[Rb+].[Rh]. The second kappa shape index (κ2) is 11.3. The van der Waals surface area contributed by atoms with E-state index in [2.05, 4.69) is 4.98 Å². The number of aromatic nitrogens is 1. The van der Waals surface area contributed by atoms with Gasteiger partial charge in [0.05, 0.1) is 5.56 Å². The van der Waals surface area contributed by atoms with Gasteiger partial charge in [-0.25, -0.2) is 0 Å². The molecule has 0 aliphatic carbocycles. The van der Waals surface area contributed by atoms with E-state index in [9.17, 15) is 27.9 Å². The number of carbonyl (C=O) groups excluding carboxylic acids is 2. The summed E-state index contributed by atoms with van der Waals surface area (Å²) >= 11 is 0. The number of benzene rings is 2. The predicted molar refractivity (Wildman–Crippen MR) is 98.1 cm³/mol. The molecule has 10 heteroatoms. The number of carboxylic acid groups (broad SMARTS) is 1. The van der Waals surface area contributed by atoms with Crippen LogP contribution in [0.3, 0.4) is 0 Å². The van der Waals surface area contributed by atoms with Crippen LogP contribution in [0.4, 0.5) is 18.0 Å². The second-order valence-corrected chi connectivity index (χ2v) is 6.84. The summed E-state index contributed by atoms with van der Waals surface area (Å²) in [6.45, 7) is 2.28. The van der Waals surface area contributed by atoms with Gasteiger partial charge in [-0.3, -0.25) is 4.79 Å². The van der Waals surface area contributed by atoms with Gasteiger partial charge in [0, 0.05) is 32.6 Å². The average Bonchev–Trinajstić information content (AvgIpc) is 2.99. The van der Waals surface area contributed by atoms with Crippen molar-refractivity contribution in [3.05, 3.63) is 70.4 Å². The van der Waals surface area contributed by atoms with Crippen molar-refractivity contribution in [1.82, 2.24) is 9.88 Å².